The van der Waals surface area contributed by atoms with Crippen molar-refractivity contribution in [3.63, 3.8) is 0 Å². The van der Waals surface area contributed by atoms with Crippen LogP contribution < -0.4 is 0 Å². The summed E-state index contributed by atoms with van der Waals surface area (Å²) in [5.41, 5.74) is 7.74. The molecule has 0 radical (unpaired) electrons. The zero-order valence-corrected chi connectivity index (χ0v) is 12.5. The molecule has 0 saturated heterocycles. The molecule has 106 valence electrons. The minimum atomic E-state index is 0.659. The van der Waals surface area contributed by atoms with Gasteiger partial charge in [0.1, 0.15) is 0 Å². The smallest absolute Gasteiger partial charge is 0.0510 e. The second-order valence-electron chi connectivity index (χ2n) is 6.82. The van der Waals surface area contributed by atoms with Crippen LogP contribution >= 0.6 is 0 Å². The molecule has 0 aliphatic heterocycles. The third kappa shape index (κ3) is 2.21. The van der Waals surface area contributed by atoms with Crippen LogP contribution in [0.3, 0.4) is 0 Å². The molecule has 1 aromatic rings. The zero-order chi connectivity index (χ0) is 13.4. The number of aromatic nitrogens is 1. The summed E-state index contributed by atoms with van der Waals surface area (Å²) in [5.74, 6) is 0.659. The fraction of sp³-hybridized carbons (Fsp3) is 0.632. The highest BCUT2D eigenvalue weighted by Crippen LogP contribution is 2.40. The molecule has 1 atom stereocenters. The molecule has 0 spiro atoms. The number of pyridine rings is 1. The molecule has 0 bridgehead atoms. The Bertz CT molecular complexity index is 541. The lowest BCUT2D eigenvalue weighted by molar-refractivity contribution is 0.542. The minimum absolute atomic E-state index is 0.659. The molecule has 0 amide bonds. The third-order valence-electron chi connectivity index (χ3n) is 5.46. The van der Waals surface area contributed by atoms with E-state index in [-0.39, 0.29) is 0 Å². The summed E-state index contributed by atoms with van der Waals surface area (Å²) in [5, 5.41) is 0. The third-order valence-corrected chi connectivity index (χ3v) is 5.46. The Balaban J connectivity index is 1.74. The standard InChI is InChI=1S/C19H25N/c1-2-7-14(8-3-1)17-11-6-10-16-13-15-9-4-5-12-18(15)20-19(16)17/h7,13,17H,1-6,8-12H2/t17-/m0/s1. The number of hydrogen-bond donors (Lipinski definition) is 0. The molecular weight excluding hydrogens is 242 g/mol. The number of rotatable bonds is 1. The van der Waals surface area contributed by atoms with Crippen LogP contribution in [0.1, 0.15) is 79.8 Å². The second kappa shape index (κ2) is 5.35. The minimum Gasteiger partial charge on any atom is -0.257 e. The van der Waals surface area contributed by atoms with Crippen LogP contribution in [-0.2, 0) is 19.3 Å². The normalized spacial score (nSPS) is 25.6. The van der Waals surface area contributed by atoms with Gasteiger partial charge in [-0.25, -0.2) is 0 Å². The topological polar surface area (TPSA) is 12.9 Å². The Morgan fingerprint density at radius 1 is 0.850 bits per heavy atom. The summed E-state index contributed by atoms with van der Waals surface area (Å²) in [7, 11) is 0. The van der Waals surface area contributed by atoms with Gasteiger partial charge in [0.2, 0.25) is 0 Å². The molecule has 1 heteroatoms. The quantitative estimate of drug-likeness (QED) is 0.661. The van der Waals surface area contributed by atoms with E-state index >= 15 is 0 Å². The second-order valence-corrected chi connectivity index (χ2v) is 6.82. The molecule has 3 aliphatic rings. The van der Waals surface area contributed by atoms with Gasteiger partial charge in [-0.15, -0.1) is 0 Å². The lowest BCUT2D eigenvalue weighted by atomic mass is 9.77. The van der Waals surface area contributed by atoms with Crippen LogP contribution in [0.2, 0.25) is 0 Å². The summed E-state index contributed by atoms with van der Waals surface area (Å²) in [6, 6.07) is 2.52. The summed E-state index contributed by atoms with van der Waals surface area (Å²) < 4.78 is 0. The van der Waals surface area contributed by atoms with E-state index in [4.69, 9.17) is 4.98 Å². The Hall–Kier alpha value is -1.11. The molecule has 1 heterocycles. The van der Waals surface area contributed by atoms with E-state index in [0.717, 1.165) is 0 Å². The molecule has 1 aromatic heterocycles. The number of allylic oxidation sites excluding steroid dienone is 2. The molecular formula is C19H25N. The van der Waals surface area contributed by atoms with Crippen LogP contribution in [0, 0.1) is 0 Å². The van der Waals surface area contributed by atoms with Crippen LogP contribution in [0.5, 0.6) is 0 Å². The Morgan fingerprint density at radius 2 is 1.70 bits per heavy atom. The van der Waals surface area contributed by atoms with Crippen LogP contribution in [0.4, 0.5) is 0 Å². The fourth-order valence-corrected chi connectivity index (χ4v) is 4.37. The van der Waals surface area contributed by atoms with Crippen LogP contribution in [0.15, 0.2) is 17.7 Å². The monoisotopic (exact) mass is 267 g/mol. The number of fused-ring (bicyclic) bond motifs is 2. The predicted molar refractivity (Wildman–Crippen MR) is 83.1 cm³/mol. The van der Waals surface area contributed by atoms with Gasteiger partial charge in [-0.05, 0) is 81.8 Å². The summed E-state index contributed by atoms with van der Waals surface area (Å²) in [4.78, 5) is 5.17. The maximum absolute atomic E-state index is 5.17. The predicted octanol–water partition coefficient (Wildman–Crippen LogP) is 4.88. The van der Waals surface area contributed by atoms with Crippen LogP contribution in [-0.4, -0.2) is 4.98 Å². The molecule has 0 fully saturated rings. The molecule has 4 rings (SSSR count). The highest BCUT2D eigenvalue weighted by molar-refractivity contribution is 5.39. The molecule has 3 aliphatic carbocycles. The largest absolute Gasteiger partial charge is 0.257 e. The number of nitrogens with zero attached hydrogens (tertiary/aromatic N) is 1. The average molecular weight is 267 g/mol. The van der Waals surface area contributed by atoms with Gasteiger partial charge in [0.15, 0.2) is 0 Å². The van der Waals surface area contributed by atoms with Gasteiger partial charge in [-0.2, -0.15) is 0 Å². The van der Waals surface area contributed by atoms with Gasteiger partial charge in [0.05, 0.1) is 5.69 Å². The molecule has 0 aromatic carbocycles. The van der Waals surface area contributed by atoms with E-state index in [2.05, 4.69) is 12.1 Å². The van der Waals surface area contributed by atoms with Gasteiger partial charge in [-0.1, -0.05) is 17.7 Å². The van der Waals surface area contributed by atoms with E-state index in [0.29, 0.717) is 5.92 Å². The van der Waals surface area contributed by atoms with Gasteiger partial charge in [-0.3, -0.25) is 4.98 Å². The molecule has 20 heavy (non-hydrogen) atoms. The van der Waals surface area contributed by atoms with Crippen molar-refractivity contribution in [2.24, 2.45) is 0 Å². The van der Waals surface area contributed by atoms with Crippen molar-refractivity contribution in [1.29, 1.82) is 0 Å². The van der Waals surface area contributed by atoms with Gasteiger partial charge in [0, 0.05) is 11.6 Å². The Labute approximate surface area is 122 Å². The molecule has 0 unspecified atom stereocenters. The van der Waals surface area contributed by atoms with Crippen molar-refractivity contribution < 1.29 is 0 Å². The molecule has 0 saturated carbocycles. The highest BCUT2D eigenvalue weighted by atomic mass is 14.7. The first-order valence-electron chi connectivity index (χ1n) is 8.62. The maximum atomic E-state index is 5.17. The van der Waals surface area contributed by atoms with E-state index < -0.39 is 0 Å². The Morgan fingerprint density at radius 3 is 2.60 bits per heavy atom. The SMILES string of the molecule is C1=C([C@@H]2CCCc3cc4c(nc32)CCCC4)CCCC1. The average Bonchev–Trinajstić information content (AvgIpc) is 2.53. The van der Waals surface area contributed by atoms with E-state index in [9.17, 15) is 0 Å². The summed E-state index contributed by atoms with van der Waals surface area (Å²) in [6.07, 6.45) is 17.1. The Kier molecular flexibility index (Phi) is 3.37. The van der Waals surface area contributed by atoms with Crippen molar-refractivity contribution in [2.75, 3.05) is 0 Å². The van der Waals surface area contributed by atoms with Crippen molar-refractivity contribution in [3.8, 4) is 0 Å². The summed E-state index contributed by atoms with van der Waals surface area (Å²) >= 11 is 0. The number of hydrogen-bond acceptors (Lipinski definition) is 1. The lowest BCUT2D eigenvalue weighted by Crippen LogP contribution is -2.18. The van der Waals surface area contributed by atoms with Crippen molar-refractivity contribution in [1.82, 2.24) is 4.98 Å². The van der Waals surface area contributed by atoms with Crippen molar-refractivity contribution in [2.45, 2.75) is 76.5 Å². The maximum Gasteiger partial charge on any atom is 0.0510 e. The van der Waals surface area contributed by atoms with Gasteiger partial charge < -0.3 is 0 Å². The summed E-state index contributed by atoms with van der Waals surface area (Å²) in [6.45, 7) is 0. The van der Waals surface area contributed by atoms with Gasteiger partial charge in [0.25, 0.3) is 0 Å². The van der Waals surface area contributed by atoms with Crippen molar-refractivity contribution >= 4 is 0 Å². The highest BCUT2D eigenvalue weighted by Gasteiger charge is 2.27. The van der Waals surface area contributed by atoms with Crippen LogP contribution in [0.25, 0.3) is 0 Å². The molecule has 1 nitrogen and oxygen atoms in total. The molecule has 0 N–H and O–H groups in total. The van der Waals surface area contributed by atoms with Gasteiger partial charge >= 0.3 is 0 Å². The van der Waals surface area contributed by atoms with Crippen molar-refractivity contribution in [3.05, 3.63) is 40.2 Å². The fourth-order valence-electron chi connectivity index (χ4n) is 4.37. The van der Waals surface area contributed by atoms with E-state index in [1.54, 1.807) is 16.7 Å². The van der Waals surface area contributed by atoms with E-state index in [1.807, 2.05) is 0 Å². The zero-order valence-electron chi connectivity index (χ0n) is 12.5. The first-order chi connectivity index (χ1) is 9.92. The first-order valence-corrected chi connectivity index (χ1v) is 8.62. The number of aryl methyl sites for hydroxylation is 3. The first kappa shape index (κ1) is 12.6. The lowest BCUT2D eigenvalue weighted by Gasteiger charge is -2.30. The van der Waals surface area contributed by atoms with E-state index in [1.165, 1.54) is 82.0 Å².